The highest BCUT2D eigenvalue weighted by molar-refractivity contribution is 5.75. The summed E-state index contributed by atoms with van der Waals surface area (Å²) >= 11 is 0. The van der Waals surface area contributed by atoms with E-state index in [1.165, 1.54) is 0 Å². The molecule has 0 amide bonds. The minimum atomic E-state index is -1.18. The second-order valence-corrected chi connectivity index (χ2v) is 5.16. The number of aliphatic carboxylic acids is 2. The summed E-state index contributed by atoms with van der Waals surface area (Å²) in [5.41, 5.74) is 2.21. The quantitative estimate of drug-likeness (QED) is 0.514. The van der Waals surface area contributed by atoms with Gasteiger partial charge in [-0.15, -0.1) is 9.81 Å². The summed E-state index contributed by atoms with van der Waals surface area (Å²) in [6.45, 7) is -1.09. The van der Waals surface area contributed by atoms with E-state index in [4.69, 9.17) is 10.2 Å². The molecule has 0 fully saturated rings. The Hall–Kier alpha value is -3.82. The summed E-state index contributed by atoms with van der Waals surface area (Å²) in [5.74, 6) is -2.36. The van der Waals surface area contributed by atoms with Crippen molar-refractivity contribution < 1.29 is 19.8 Å². The van der Waals surface area contributed by atoms with Gasteiger partial charge in [-0.1, -0.05) is 24.3 Å². The number of carboxylic acid groups (broad SMARTS) is 2. The van der Waals surface area contributed by atoms with Crippen LogP contribution in [0.2, 0.25) is 0 Å². The van der Waals surface area contributed by atoms with Gasteiger partial charge in [-0.2, -0.15) is 0 Å². The molecule has 0 atom stereocenters. The van der Waals surface area contributed by atoms with E-state index in [1.54, 1.807) is 48.5 Å². The van der Waals surface area contributed by atoms with Crippen molar-refractivity contribution in [1.82, 2.24) is 0 Å². The van der Waals surface area contributed by atoms with Gasteiger partial charge in [0.25, 0.3) is 0 Å². The number of nitrogens with zero attached hydrogens (tertiary/aromatic N) is 4. The molecule has 0 radical (unpaired) electrons. The molecular formula is C16H14N4O6. The second-order valence-electron chi connectivity index (χ2n) is 5.16. The van der Waals surface area contributed by atoms with E-state index >= 15 is 0 Å². The first-order valence-electron chi connectivity index (χ1n) is 7.30. The van der Waals surface area contributed by atoms with E-state index in [9.17, 15) is 19.4 Å². The highest BCUT2D eigenvalue weighted by atomic mass is 16.4. The second kappa shape index (κ2) is 8.33. The first kappa shape index (κ1) is 18.5. The number of hydrogen-bond donors (Lipinski definition) is 2. The van der Waals surface area contributed by atoms with Gasteiger partial charge < -0.3 is 10.2 Å². The van der Waals surface area contributed by atoms with E-state index < -0.39 is 25.0 Å². The summed E-state index contributed by atoms with van der Waals surface area (Å²) in [5, 5.41) is 24.5. The number of carbonyl (C=O) groups is 2. The fourth-order valence-corrected chi connectivity index (χ4v) is 2.24. The number of rotatable bonds is 9. The predicted octanol–water partition coefficient (Wildman–Crippen LogP) is 2.50. The van der Waals surface area contributed by atoms with Crippen molar-refractivity contribution in [3.63, 3.8) is 0 Å². The molecule has 2 aromatic carbocycles. The third-order valence-electron chi connectivity index (χ3n) is 3.43. The average Bonchev–Trinajstić information content (AvgIpc) is 2.64. The number of benzene rings is 2. The van der Waals surface area contributed by atoms with Crippen molar-refractivity contribution in [2.24, 2.45) is 10.6 Å². The molecular weight excluding hydrogens is 344 g/mol. The summed E-state index contributed by atoms with van der Waals surface area (Å²) in [7, 11) is 0. The molecule has 134 valence electrons. The Labute approximate surface area is 147 Å². The monoisotopic (exact) mass is 358 g/mol. The highest BCUT2D eigenvalue weighted by Gasteiger charge is 2.13. The summed E-state index contributed by atoms with van der Waals surface area (Å²) in [6, 6.07) is 12.9. The molecule has 0 aromatic heterocycles. The van der Waals surface area contributed by atoms with Crippen molar-refractivity contribution in [2.45, 2.75) is 0 Å². The summed E-state index contributed by atoms with van der Waals surface area (Å²) < 4.78 is 0. The molecule has 0 spiro atoms. The third kappa shape index (κ3) is 4.60. The molecule has 0 saturated carbocycles. The van der Waals surface area contributed by atoms with Crippen LogP contribution in [0.25, 0.3) is 11.1 Å². The molecule has 26 heavy (non-hydrogen) atoms. The Morgan fingerprint density at radius 1 is 0.692 bits per heavy atom. The van der Waals surface area contributed by atoms with Gasteiger partial charge in [0.1, 0.15) is 13.1 Å². The molecule has 2 rings (SSSR count). The third-order valence-corrected chi connectivity index (χ3v) is 3.43. The van der Waals surface area contributed by atoms with Crippen LogP contribution in [-0.2, 0) is 9.59 Å². The van der Waals surface area contributed by atoms with Crippen LogP contribution in [0.5, 0.6) is 0 Å². The standard InChI is InChI=1S/C16H14N4O6/c21-15(22)9-19(17-25)13-5-1-11(2-6-13)12-3-7-14(8-4-12)20(18-26)10-16(23)24/h1-8H,9-10H2,(H,21,22)(H,23,24). The Balaban J connectivity index is 2.18. The molecule has 0 saturated heterocycles. The zero-order valence-corrected chi connectivity index (χ0v) is 13.3. The lowest BCUT2D eigenvalue weighted by atomic mass is 10.0. The van der Waals surface area contributed by atoms with Gasteiger partial charge in [0, 0.05) is 0 Å². The van der Waals surface area contributed by atoms with Crippen molar-refractivity contribution in [3.05, 3.63) is 58.3 Å². The zero-order chi connectivity index (χ0) is 19.1. The van der Waals surface area contributed by atoms with Gasteiger partial charge in [0.2, 0.25) is 0 Å². The van der Waals surface area contributed by atoms with Gasteiger partial charge in [-0.25, -0.2) is 10.0 Å². The average molecular weight is 358 g/mol. The SMILES string of the molecule is O=NN(CC(=O)O)c1ccc(-c2ccc(N(CC(=O)O)N=O)cc2)cc1. The lowest BCUT2D eigenvalue weighted by Gasteiger charge is -2.14. The minimum absolute atomic E-state index is 0.334. The van der Waals surface area contributed by atoms with E-state index in [0.717, 1.165) is 21.1 Å². The fraction of sp³-hybridized carbons (Fsp3) is 0.125. The van der Waals surface area contributed by atoms with E-state index in [2.05, 4.69) is 10.6 Å². The van der Waals surface area contributed by atoms with Crippen LogP contribution in [0.1, 0.15) is 0 Å². The van der Waals surface area contributed by atoms with Crippen LogP contribution in [0.4, 0.5) is 11.4 Å². The normalized spacial score (nSPS) is 10.0. The predicted molar refractivity (Wildman–Crippen MR) is 93.4 cm³/mol. The Bertz CT molecular complexity index is 737. The van der Waals surface area contributed by atoms with Crippen LogP contribution in [0, 0.1) is 9.81 Å². The van der Waals surface area contributed by atoms with Crippen molar-refractivity contribution >= 4 is 23.3 Å². The van der Waals surface area contributed by atoms with Gasteiger partial charge in [-0.3, -0.25) is 9.59 Å². The van der Waals surface area contributed by atoms with E-state index in [-0.39, 0.29) is 0 Å². The van der Waals surface area contributed by atoms with Crippen molar-refractivity contribution in [2.75, 3.05) is 23.1 Å². The van der Waals surface area contributed by atoms with Crippen LogP contribution >= 0.6 is 0 Å². The Kier molecular flexibility index (Phi) is 5.93. The summed E-state index contributed by atoms with van der Waals surface area (Å²) in [4.78, 5) is 42.9. The first-order chi connectivity index (χ1) is 12.4. The van der Waals surface area contributed by atoms with Crippen LogP contribution in [0.15, 0.2) is 59.1 Å². The van der Waals surface area contributed by atoms with Gasteiger partial charge >= 0.3 is 11.9 Å². The van der Waals surface area contributed by atoms with Crippen molar-refractivity contribution in [1.29, 1.82) is 0 Å². The molecule has 10 heteroatoms. The topological polar surface area (TPSA) is 140 Å². The van der Waals surface area contributed by atoms with Gasteiger partial charge in [-0.05, 0) is 35.4 Å². The van der Waals surface area contributed by atoms with E-state index in [1.807, 2.05) is 0 Å². The number of nitroso groups, excluding NO2 is 2. The lowest BCUT2D eigenvalue weighted by Crippen LogP contribution is -2.23. The highest BCUT2D eigenvalue weighted by Crippen LogP contribution is 2.26. The smallest absolute Gasteiger partial charge is 0.325 e. The molecule has 2 N–H and O–H groups in total. The molecule has 0 aliphatic rings. The zero-order valence-electron chi connectivity index (χ0n) is 13.3. The Morgan fingerprint density at radius 2 is 1.00 bits per heavy atom. The maximum Gasteiger partial charge on any atom is 0.325 e. The largest absolute Gasteiger partial charge is 0.480 e. The molecule has 0 unspecified atom stereocenters. The molecule has 10 nitrogen and oxygen atoms in total. The molecule has 0 aliphatic heterocycles. The molecule has 0 heterocycles. The molecule has 0 aliphatic carbocycles. The van der Waals surface area contributed by atoms with Crippen molar-refractivity contribution in [3.8, 4) is 11.1 Å². The van der Waals surface area contributed by atoms with Gasteiger partial charge in [0.05, 0.1) is 21.9 Å². The molecule has 0 bridgehead atoms. The first-order valence-corrected chi connectivity index (χ1v) is 7.30. The Morgan fingerprint density at radius 3 is 1.23 bits per heavy atom. The maximum absolute atomic E-state index is 10.7. The summed E-state index contributed by atoms with van der Waals surface area (Å²) in [6.07, 6.45) is 0. The number of hydrogen-bond acceptors (Lipinski definition) is 6. The van der Waals surface area contributed by atoms with E-state index in [0.29, 0.717) is 11.4 Å². The molecule has 2 aromatic rings. The minimum Gasteiger partial charge on any atom is -0.480 e. The van der Waals surface area contributed by atoms with Crippen LogP contribution < -0.4 is 10.0 Å². The lowest BCUT2D eigenvalue weighted by molar-refractivity contribution is -0.136. The number of anilines is 2. The van der Waals surface area contributed by atoms with Gasteiger partial charge in [0.15, 0.2) is 0 Å². The van der Waals surface area contributed by atoms with Crippen LogP contribution in [0.3, 0.4) is 0 Å². The fourth-order valence-electron chi connectivity index (χ4n) is 2.24. The number of carboxylic acids is 2. The maximum atomic E-state index is 10.7. The van der Waals surface area contributed by atoms with Crippen LogP contribution in [-0.4, -0.2) is 35.2 Å².